The van der Waals surface area contributed by atoms with Crippen LogP contribution in [0.2, 0.25) is 0 Å². The highest BCUT2D eigenvalue weighted by Gasteiger charge is 2.37. The van der Waals surface area contributed by atoms with Crippen molar-refractivity contribution < 1.29 is 18.0 Å². The van der Waals surface area contributed by atoms with Crippen molar-refractivity contribution in [3.05, 3.63) is 29.3 Å². The number of hydrogen-bond acceptors (Lipinski definition) is 4. The van der Waals surface area contributed by atoms with Gasteiger partial charge in [0.1, 0.15) is 5.25 Å². The Bertz CT molecular complexity index is 726. The lowest BCUT2D eigenvalue weighted by Gasteiger charge is -2.20. The first-order chi connectivity index (χ1) is 9.86. The van der Waals surface area contributed by atoms with E-state index < -0.39 is 15.3 Å². The van der Waals surface area contributed by atoms with Gasteiger partial charge >= 0.3 is 0 Å². The van der Waals surface area contributed by atoms with Gasteiger partial charge in [0, 0.05) is 30.6 Å². The number of primary sulfonamides is 1. The number of ketones is 1. The number of hydrogen-bond donors (Lipinski definition) is 1. The van der Waals surface area contributed by atoms with Crippen LogP contribution in [0, 0.1) is 0 Å². The summed E-state index contributed by atoms with van der Waals surface area (Å²) in [6.45, 7) is 0.0463. The number of aryl methyl sites for hydroxylation is 1. The van der Waals surface area contributed by atoms with Gasteiger partial charge in [-0.2, -0.15) is 0 Å². The zero-order valence-electron chi connectivity index (χ0n) is 11.4. The number of Topliss-reactive ketones (excluding diaryl/α,β-unsaturated/α-hetero) is 1. The first-order valence-electron chi connectivity index (χ1n) is 6.84. The first-order valence-corrected chi connectivity index (χ1v) is 8.45. The van der Waals surface area contributed by atoms with Crippen LogP contribution in [-0.2, 0) is 21.2 Å². The fourth-order valence-corrected chi connectivity index (χ4v) is 3.66. The van der Waals surface area contributed by atoms with Crippen LogP contribution in [0.4, 0.5) is 5.69 Å². The van der Waals surface area contributed by atoms with E-state index in [-0.39, 0.29) is 24.7 Å². The predicted octanol–water partition coefficient (Wildman–Crippen LogP) is 0.599. The summed E-state index contributed by atoms with van der Waals surface area (Å²) in [7, 11) is -3.73. The van der Waals surface area contributed by atoms with Crippen LogP contribution in [0.5, 0.6) is 0 Å². The normalized spacial score (nSPS) is 22.5. The molecule has 1 heterocycles. The third-order valence-corrected chi connectivity index (χ3v) is 5.35. The quantitative estimate of drug-likeness (QED) is 0.865. The molecule has 2 N–H and O–H groups in total. The molecule has 0 aromatic heterocycles. The topological polar surface area (TPSA) is 97.5 Å². The predicted molar refractivity (Wildman–Crippen MR) is 77.6 cm³/mol. The fourth-order valence-electron chi connectivity index (χ4n) is 2.93. The van der Waals surface area contributed by atoms with Crippen molar-refractivity contribution in [3.8, 4) is 0 Å². The molecule has 1 aliphatic carbocycles. The molecular formula is C14H16N2O4S. The number of amides is 1. The Labute approximate surface area is 123 Å². The average Bonchev–Trinajstić information content (AvgIpc) is 2.81. The van der Waals surface area contributed by atoms with Crippen molar-refractivity contribution in [1.82, 2.24) is 0 Å². The van der Waals surface area contributed by atoms with Crippen LogP contribution in [0.1, 0.15) is 35.2 Å². The van der Waals surface area contributed by atoms with E-state index in [4.69, 9.17) is 5.14 Å². The van der Waals surface area contributed by atoms with Crippen LogP contribution in [-0.4, -0.2) is 31.9 Å². The summed E-state index contributed by atoms with van der Waals surface area (Å²) in [6.07, 6.45) is 2.12. The van der Waals surface area contributed by atoms with Gasteiger partial charge in [-0.15, -0.1) is 0 Å². The lowest BCUT2D eigenvalue weighted by molar-refractivity contribution is -0.117. The number of carbonyl (C=O) groups excluding carboxylic acids is 2. The van der Waals surface area contributed by atoms with Gasteiger partial charge in [0.2, 0.25) is 15.9 Å². The minimum Gasteiger partial charge on any atom is -0.311 e. The van der Waals surface area contributed by atoms with Crippen LogP contribution >= 0.6 is 0 Å². The molecule has 1 unspecified atom stereocenters. The van der Waals surface area contributed by atoms with Crippen molar-refractivity contribution in [2.75, 3.05) is 11.4 Å². The smallest absolute Gasteiger partial charge is 0.228 e. The molecular weight excluding hydrogens is 292 g/mol. The Balaban J connectivity index is 1.93. The number of nitrogens with zero attached hydrogens (tertiary/aromatic N) is 1. The van der Waals surface area contributed by atoms with Gasteiger partial charge in [-0.3, -0.25) is 9.59 Å². The molecule has 0 saturated carbocycles. The molecule has 6 nitrogen and oxygen atoms in total. The minimum atomic E-state index is -3.73. The number of sulfonamides is 1. The van der Waals surface area contributed by atoms with Gasteiger partial charge in [0.05, 0.1) is 0 Å². The third-order valence-electron chi connectivity index (χ3n) is 4.11. The SMILES string of the molecule is NS(=O)(=O)C1CC(=O)N(c2ccc3c(c2)C(=O)CCC3)C1. The second-order valence-electron chi connectivity index (χ2n) is 5.54. The van der Waals surface area contributed by atoms with Crippen molar-refractivity contribution in [3.63, 3.8) is 0 Å². The third kappa shape index (κ3) is 2.58. The van der Waals surface area contributed by atoms with E-state index in [0.29, 0.717) is 17.7 Å². The van der Waals surface area contributed by atoms with E-state index in [2.05, 4.69) is 0 Å². The van der Waals surface area contributed by atoms with E-state index in [0.717, 1.165) is 18.4 Å². The molecule has 2 aliphatic rings. The van der Waals surface area contributed by atoms with Gasteiger partial charge in [0.15, 0.2) is 5.78 Å². The van der Waals surface area contributed by atoms with Crippen LogP contribution in [0.3, 0.4) is 0 Å². The van der Waals surface area contributed by atoms with Crippen molar-refractivity contribution in [1.29, 1.82) is 0 Å². The van der Waals surface area contributed by atoms with Gasteiger partial charge in [-0.25, -0.2) is 13.6 Å². The minimum absolute atomic E-state index is 0.0463. The Hall–Kier alpha value is -1.73. The molecule has 0 bridgehead atoms. The molecule has 1 saturated heterocycles. The van der Waals surface area contributed by atoms with Crippen LogP contribution in [0.15, 0.2) is 18.2 Å². The standard InChI is InChI=1S/C14H16N2O4S/c15-21(19,20)11-7-14(18)16(8-11)10-5-4-9-2-1-3-13(17)12(9)6-10/h4-6,11H,1-3,7-8H2,(H2,15,19,20). The zero-order valence-corrected chi connectivity index (χ0v) is 12.2. The van der Waals surface area contributed by atoms with E-state index in [1.54, 1.807) is 12.1 Å². The molecule has 1 fully saturated rings. The second-order valence-corrected chi connectivity index (χ2v) is 7.38. The van der Waals surface area contributed by atoms with E-state index in [1.165, 1.54) is 4.90 Å². The molecule has 1 aromatic carbocycles. The number of benzene rings is 1. The summed E-state index contributed by atoms with van der Waals surface area (Å²) in [4.78, 5) is 25.3. The van der Waals surface area contributed by atoms with Gasteiger partial charge in [-0.05, 0) is 30.5 Å². The Morgan fingerprint density at radius 3 is 2.62 bits per heavy atom. The number of fused-ring (bicyclic) bond motifs is 1. The monoisotopic (exact) mass is 308 g/mol. The molecule has 1 aliphatic heterocycles. The Morgan fingerprint density at radius 1 is 1.19 bits per heavy atom. The summed E-state index contributed by atoms with van der Waals surface area (Å²) in [6, 6.07) is 5.31. The van der Waals surface area contributed by atoms with E-state index in [1.807, 2.05) is 6.07 Å². The van der Waals surface area contributed by atoms with Crippen molar-refractivity contribution >= 4 is 27.4 Å². The molecule has 21 heavy (non-hydrogen) atoms. The fraction of sp³-hybridized carbons (Fsp3) is 0.429. The lowest BCUT2D eigenvalue weighted by atomic mass is 9.90. The summed E-state index contributed by atoms with van der Waals surface area (Å²) in [5.41, 5.74) is 2.20. The summed E-state index contributed by atoms with van der Waals surface area (Å²) in [5, 5.41) is 4.24. The number of anilines is 1. The van der Waals surface area contributed by atoms with Crippen LogP contribution in [0.25, 0.3) is 0 Å². The van der Waals surface area contributed by atoms with E-state index in [9.17, 15) is 18.0 Å². The molecule has 1 atom stereocenters. The molecule has 0 radical (unpaired) electrons. The highest BCUT2D eigenvalue weighted by molar-refractivity contribution is 7.89. The van der Waals surface area contributed by atoms with E-state index >= 15 is 0 Å². The molecule has 3 rings (SSSR count). The number of nitrogens with two attached hydrogens (primary N) is 1. The highest BCUT2D eigenvalue weighted by Crippen LogP contribution is 2.29. The summed E-state index contributed by atoms with van der Waals surface area (Å²) in [5.74, 6) is -0.204. The molecule has 1 amide bonds. The Kier molecular flexibility index (Phi) is 3.33. The highest BCUT2D eigenvalue weighted by atomic mass is 32.2. The Morgan fingerprint density at radius 2 is 1.95 bits per heavy atom. The largest absolute Gasteiger partial charge is 0.311 e. The summed E-state index contributed by atoms with van der Waals surface area (Å²) < 4.78 is 22.8. The molecule has 1 aromatic rings. The average molecular weight is 308 g/mol. The number of rotatable bonds is 2. The maximum Gasteiger partial charge on any atom is 0.228 e. The van der Waals surface area contributed by atoms with Gasteiger partial charge in [0.25, 0.3) is 0 Å². The second kappa shape index (κ2) is 4.92. The lowest BCUT2D eigenvalue weighted by Crippen LogP contribution is -2.32. The first kappa shape index (κ1) is 14.2. The molecule has 0 spiro atoms. The van der Waals surface area contributed by atoms with Gasteiger partial charge in [-0.1, -0.05) is 6.07 Å². The summed E-state index contributed by atoms with van der Waals surface area (Å²) >= 11 is 0. The maximum atomic E-state index is 12.0. The zero-order chi connectivity index (χ0) is 15.2. The molecule has 7 heteroatoms. The molecule has 112 valence electrons. The van der Waals surface area contributed by atoms with Crippen molar-refractivity contribution in [2.24, 2.45) is 5.14 Å². The van der Waals surface area contributed by atoms with Crippen LogP contribution < -0.4 is 10.0 Å². The maximum absolute atomic E-state index is 12.0. The van der Waals surface area contributed by atoms with Gasteiger partial charge < -0.3 is 4.90 Å². The number of carbonyl (C=O) groups is 2. The van der Waals surface area contributed by atoms with Crippen molar-refractivity contribution in [2.45, 2.75) is 30.9 Å².